The first-order chi connectivity index (χ1) is 9.36. The van der Waals surface area contributed by atoms with Crippen LogP contribution in [-0.2, 0) is 0 Å². The predicted molar refractivity (Wildman–Crippen MR) is 83.7 cm³/mol. The van der Waals surface area contributed by atoms with Crippen molar-refractivity contribution in [2.24, 2.45) is 5.73 Å². The molecule has 1 aromatic rings. The van der Waals surface area contributed by atoms with Gasteiger partial charge in [-0.1, -0.05) is 74.5 Å². The van der Waals surface area contributed by atoms with Crippen molar-refractivity contribution in [2.45, 2.75) is 79.8 Å². The molecule has 2 atom stereocenters. The minimum atomic E-state index is 0.313. The average Bonchev–Trinajstić information content (AvgIpc) is 2.90. The third kappa shape index (κ3) is 5.79. The fraction of sp³-hybridized carbons (Fsp3) is 0.857. The molecular formula is C14H25N3S2. The van der Waals surface area contributed by atoms with Crippen LogP contribution in [0.1, 0.15) is 64.2 Å². The monoisotopic (exact) mass is 299 g/mol. The van der Waals surface area contributed by atoms with Crippen molar-refractivity contribution < 1.29 is 0 Å². The Labute approximate surface area is 124 Å². The van der Waals surface area contributed by atoms with E-state index in [0.717, 1.165) is 10.8 Å². The van der Waals surface area contributed by atoms with E-state index in [0.29, 0.717) is 11.3 Å². The second-order valence-corrected chi connectivity index (χ2v) is 7.75. The maximum absolute atomic E-state index is 6.41. The summed E-state index contributed by atoms with van der Waals surface area (Å²) in [6.45, 7) is 0. The Kier molecular flexibility index (Phi) is 7.17. The topological polar surface area (TPSA) is 51.8 Å². The van der Waals surface area contributed by atoms with Crippen molar-refractivity contribution >= 4 is 23.1 Å². The fourth-order valence-corrected chi connectivity index (χ4v) is 4.63. The van der Waals surface area contributed by atoms with E-state index in [1.807, 2.05) is 17.3 Å². The molecule has 108 valence electrons. The Morgan fingerprint density at radius 2 is 1.63 bits per heavy atom. The van der Waals surface area contributed by atoms with Gasteiger partial charge in [0, 0.05) is 11.3 Å². The van der Waals surface area contributed by atoms with E-state index < -0.39 is 0 Å². The van der Waals surface area contributed by atoms with E-state index in [1.54, 1.807) is 11.3 Å². The molecule has 1 aliphatic carbocycles. The molecule has 2 rings (SSSR count). The number of nitrogens with zero attached hydrogens (tertiary/aromatic N) is 2. The van der Waals surface area contributed by atoms with E-state index in [9.17, 15) is 0 Å². The quantitative estimate of drug-likeness (QED) is 0.887. The van der Waals surface area contributed by atoms with Gasteiger partial charge in [0.1, 0.15) is 5.51 Å². The molecule has 1 fully saturated rings. The summed E-state index contributed by atoms with van der Waals surface area (Å²) in [5.41, 5.74) is 8.22. The summed E-state index contributed by atoms with van der Waals surface area (Å²) in [6.07, 6.45) is 13.3. The van der Waals surface area contributed by atoms with E-state index in [-0.39, 0.29) is 0 Å². The molecule has 5 heteroatoms. The maximum atomic E-state index is 6.41. The fourth-order valence-electron chi connectivity index (χ4n) is 2.68. The highest BCUT2D eigenvalue weighted by molar-refractivity contribution is 8.01. The maximum Gasteiger partial charge on any atom is 0.174 e. The molecule has 0 radical (unpaired) electrons. The zero-order chi connectivity index (χ0) is 13.3. The minimum absolute atomic E-state index is 0.313. The zero-order valence-corrected chi connectivity index (χ0v) is 13.2. The Hall–Kier alpha value is -0.130. The number of aromatic nitrogens is 2. The van der Waals surface area contributed by atoms with Crippen molar-refractivity contribution in [1.29, 1.82) is 0 Å². The third-order valence-corrected chi connectivity index (χ3v) is 6.08. The van der Waals surface area contributed by atoms with Crippen LogP contribution in [0.15, 0.2) is 9.85 Å². The van der Waals surface area contributed by atoms with E-state index in [1.165, 1.54) is 57.8 Å². The number of thioether (sulfide) groups is 1. The van der Waals surface area contributed by atoms with Crippen LogP contribution >= 0.6 is 23.1 Å². The van der Waals surface area contributed by atoms with Crippen molar-refractivity contribution in [3.63, 3.8) is 0 Å². The smallest absolute Gasteiger partial charge is 0.174 e. The summed E-state index contributed by atoms with van der Waals surface area (Å²) in [5.74, 6) is 0. The SMILES string of the molecule is NC1CCCCCCCCCCC1Sc1nncs1. The normalized spacial score (nSPS) is 27.4. The number of hydrogen-bond acceptors (Lipinski definition) is 5. The van der Waals surface area contributed by atoms with Crippen LogP contribution in [0, 0.1) is 0 Å². The molecule has 1 aromatic heterocycles. The first-order valence-electron chi connectivity index (χ1n) is 7.54. The highest BCUT2D eigenvalue weighted by atomic mass is 32.2. The molecule has 0 aliphatic heterocycles. The molecule has 0 saturated heterocycles. The molecule has 19 heavy (non-hydrogen) atoms. The zero-order valence-electron chi connectivity index (χ0n) is 11.6. The summed E-state index contributed by atoms with van der Waals surface area (Å²) in [4.78, 5) is 0. The Morgan fingerprint density at radius 3 is 2.26 bits per heavy atom. The molecule has 1 aliphatic rings. The summed E-state index contributed by atoms with van der Waals surface area (Å²) >= 11 is 3.48. The predicted octanol–water partition coefficient (Wildman–Crippen LogP) is 4.24. The first-order valence-corrected chi connectivity index (χ1v) is 9.30. The van der Waals surface area contributed by atoms with Gasteiger partial charge < -0.3 is 5.73 Å². The van der Waals surface area contributed by atoms with E-state index in [4.69, 9.17) is 5.73 Å². The lowest BCUT2D eigenvalue weighted by Gasteiger charge is -2.23. The van der Waals surface area contributed by atoms with Gasteiger partial charge in [0.2, 0.25) is 0 Å². The standard InChI is InChI=1S/C14H25N3S2/c15-12-9-7-5-3-1-2-4-6-8-10-13(12)19-14-17-16-11-18-14/h11-13H,1-10,15H2. The van der Waals surface area contributed by atoms with Gasteiger partial charge in [-0.2, -0.15) is 0 Å². The molecule has 0 aromatic carbocycles. The third-order valence-electron chi connectivity index (χ3n) is 3.85. The van der Waals surface area contributed by atoms with Crippen LogP contribution in [0.2, 0.25) is 0 Å². The number of hydrogen-bond donors (Lipinski definition) is 1. The van der Waals surface area contributed by atoms with Crippen LogP contribution in [0.5, 0.6) is 0 Å². The lowest BCUT2D eigenvalue weighted by molar-refractivity contribution is 0.473. The van der Waals surface area contributed by atoms with Crippen molar-refractivity contribution in [3.8, 4) is 0 Å². The van der Waals surface area contributed by atoms with Gasteiger partial charge in [-0.25, -0.2) is 0 Å². The van der Waals surface area contributed by atoms with Gasteiger partial charge in [0.15, 0.2) is 4.34 Å². The van der Waals surface area contributed by atoms with Gasteiger partial charge in [-0.05, 0) is 12.8 Å². The Bertz CT molecular complexity index is 329. The summed E-state index contributed by atoms with van der Waals surface area (Å²) in [6, 6.07) is 0.313. The molecular weight excluding hydrogens is 274 g/mol. The Balaban J connectivity index is 1.87. The van der Waals surface area contributed by atoms with Crippen molar-refractivity contribution in [3.05, 3.63) is 5.51 Å². The van der Waals surface area contributed by atoms with Crippen molar-refractivity contribution in [2.75, 3.05) is 0 Å². The molecule has 0 amide bonds. The summed E-state index contributed by atoms with van der Waals surface area (Å²) in [5, 5.41) is 8.59. The molecule has 0 bridgehead atoms. The summed E-state index contributed by atoms with van der Waals surface area (Å²) < 4.78 is 1.08. The van der Waals surface area contributed by atoms with Gasteiger partial charge >= 0.3 is 0 Å². The van der Waals surface area contributed by atoms with Crippen LogP contribution in [0.3, 0.4) is 0 Å². The molecule has 2 unspecified atom stereocenters. The second-order valence-electron chi connectivity index (χ2n) is 5.43. The largest absolute Gasteiger partial charge is 0.327 e. The van der Waals surface area contributed by atoms with Crippen LogP contribution in [0.25, 0.3) is 0 Å². The highest BCUT2D eigenvalue weighted by Crippen LogP contribution is 2.31. The Morgan fingerprint density at radius 1 is 1.00 bits per heavy atom. The van der Waals surface area contributed by atoms with Crippen LogP contribution in [0.4, 0.5) is 0 Å². The number of nitrogens with two attached hydrogens (primary N) is 1. The molecule has 2 N–H and O–H groups in total. The lowest BCUT2D eigenvalue weighted by Crippen LogP contribution is -2.32. The number of rotatable bonds is 2. The second kappa shape index (κ2) is 8.93. The van der Waals surface area contributed by atoms with Gasteiger partial charge in [0.05, 0.1) is 0 Å². The average molecular weight is 300 g/mol. The van der Waals surface area contributed by atoms with Crippen LogP contribution < -0.4 is 5.73 Å². The van der Waals surface area contributed by atoms with E-state index in [2.05, 4.69) is 10.2 Å². The lowest BCUT2D eigenvalue weighted by atomic mass is 9.98. The van der Waals surface area contributed by atoms with Crippen molar-refractivity contribution in [1.82, 2.24) is 10.2 Å². The van der Waals surface area contributed by atoms with Gasteiger partial charge in [-0.3, -0.25) is 0 Å². The molecule has 3 nitrogen and oxygen atoms in total. The molecule has 0 spiro atoms. The van der Waals surface area contributed by atoms with E-state index >= 15 is 0 Å². The minimum Gasteiger partial charge on any atom is -0.327 e. The van der Waals surface area contributed by atoms with Crippen LogP contribution in [-0.4, -0.2) is 21.5 Å². The van der Waals surface area contributed by atoms with Gasteiger partial charge in [0.25, 0.3) is 0 Å². The molecule has 1 saturated carbocycles. The molecule has 1 heterocycles. The summed E-state index contributed by atoms with van der Waals surface area (Å²) in [7, 11) is 0. The highest BCUT2D eigenvalue weighted by Gasteiger charge is 2.20. The van der Waals surface area contributed by atoms with Gasteiger partial charge in [-0.15, -0.1) is 10.2 Å². The first kappa shape index (κ1) is 15.3.